The van der Waals surface area contributed by atoms with Crippen molar-refractivity contribution in [2.24, 2.45) is 0 Å². The lowest BCUT2D eigenvalue weighted by Crippen LogP contribution is -2.04. The van der Waals surface area contributed by atoms with Gasteiger partial charge in [-0.15, -0.1) is 4.98 Å². The van der Waals surface area contributed by atoms with E-state index in [9.17, 15) is 0 Å². The topological polar surface area (TPSA) is 109 Å². The number of rotatable bonds is 19. The van der Waals surface area contributed by atoms with Gasteiger partial charge in [-0.1, -0.05) is 90.4 Å². The van der Waals surface area contributed by atoms with Crippen molar-refractivity contribution in [3.63, 3.8) is 0 Å². The summed E-state index contributed by atoms with van der Waals surface area (Å²) >= 11 is 0. The van der Waals surface area contributed by atoms with Gasteiger partial charge in [-0.25, -0.2) is 0 Å². The molecule has 38 heavy (non-hydrogen) atoms. The fraction of sp³-hybridized carbons (Fsp3) is 0.516. The van der Waals surface area contributed by atoms with Gasteiger partial charge in [0.25, 0.3) is 0 Å². The monoisotopic (exact) mass is 519 g/mol. The van der Waals surface area contributed by atoms with Crippen molar-refractivity contribution in [3.05, 3.63) is 54.4 Å². The highest BCUT2D eigenvalue weighted by atomic mass is 16.5. The van der Waals surface area contributed by atoms with E-state index in [1.54, 1.807) is 48.5 Å². The molecule has 206 valence electrons. The quantitative estimate of drug-likeness (QED) is 0.120. The first-order chi connectivity index (χ1) is 18.6. The highest BCUT2D eigenvalue weighted by Gasteiger charge is 2.11. The maximum absolute atomic E-state index is 5.88. The minimum atomic E-state index is 0.204. The van der Waals surface area contributed by atoms with Crippen molar-refractivity contribution in [1.29, 1.82) is 0 Å². The van der Waals surface area contributed by atoms with E-state index in [0.717, 1.165) is 19.3 Å². The second kappa shape index (κ2) is 17.2. The molecule has 1 aromatic heterocycles. The van der Waals surface area contributed by atoms with Crippen LogP contribution in [0.4, 0.5) is 11.4 Å². The molecule has 7 nitrogen and oxygen atoms in total. The van der Waals surface area contributed by atoms with Crippen molar-refractivity contribution in [1.82, 2.24) is 15.0 Å². The molecule has 0 saturated carbocycles. The first kappa shape index (κ1) is 29.2. The number of nitrogen functional groups attached to an aromatic ring is 2. The van der Waals surface area contributed by atoms with Gasteiger partial charge in [-0.05, 0) is 55.0 Å². The van der Waals surface area contributed by atoms with E-state index in [1.807, 2.05) is 0 Å². The van der Waals surface area contributed by atoms with Crippen LogP contribution in [0.1, 0.15) is 103 Å². The summed E-state index contributed by atoms with van der Waals surface area (Å²) < 4.78 is 11.8. The minimum Gasteiger partial charge on any atom is -0.424 e. The van der Waals surface area contributed by atoms with Crippen LogP contribution in [0, 0.1) is 0 Å². The molecule has 0 atom stereocenters. The zero-order valence-electron chi connectivity index (χ0n) is 23.0. The van der Waals surface area contributed by atoms with Gasteiger partial charge in [0.1, 0.15) is 17.3 Å². The van der Waals surface area contributed by atoms with Crippen molar-refractivity contribution in [3.8, 4) is 23.5 Å². The number of aromatic nitrogens is 3. The maximum atomic E-state index is 5.88. The van der Waals surface area contributed by atoms with Gasteiger partial charge < -0.3 is 20.9 Å². The average Bonchev–Trinajstić information content (AvgIpc) is 2.91. The van der Waals surface area contributed by atoms with Gasteiger partial charge in [0.05, 0.1) is 0 Å². The van der Waals surface area contributed by atoms with Crippen LogP contribution >= 0.6 is 0 Å². The van der Waals surface area contributed by atoms with E-state index in [1.165, 1.54) is 77.0 Å². The second-order valence-electron chi connectivity index (χ2n) is 10.0. The van der Waals surface area contributed by atoms with Gasteiger partial charge in [-0.3, -0.25) is 0 Å². The van der Waals surface area contributed by atoms with E-state index < -0.39 is 0 Å². The first-order valence-corrected chi connectivity index (χ1v) is 14.4. The number of anilines is 2. The van der Waals surface area contributed by atoms with Gasteiger partial charge in [0, 0.05) is 17.8 Å². The summed E-state index contributed by atoms with van der Waals surface area (Å²) in [6.45, 7) is 2.28. The van der Waals surface area contributed by atoms with Gasteiger partial charge in [-0.2, -0.15) is 9.97 Å². The van der Waals surface area contributed by atoms with E-state index >= 15 is 0 Å². The smallest absolute Gasteiger partial charge is 0.328 e. The molecule has 0 unspecified atom stereocenters. The van der Waals surface area contributed by atoms with E-state index in [0.29, 0.717) is 28.7 Å². The Morgan fingerprint density at radius 1 is 0.500 bits per heavy atom. The third-order valence-electron chi connectivity index (χ3n) is 6.57. The molecule has 3 rings (SSSR count). The molecule has 0 aliphatic rings. The summed E-state index contributed by atoms with van der Waals surface area (Å²) in [6.07, 6.45) is 19.3. The third kappa shape index (κ3) is 11.8. The van der Waals surface area contributed by atoms with Gasteiger partial charge in [0.2, 0.25) is 0 Å². The zero-order chi connectivity index (χ0) is 26.8. The molecule has 0 fully saturated rings. The summed E-state index contributed by atoms with van der Waals surface area (Å²) in [6, 6.07) is 14.6. The molecular weight excluding hydrogens is 474 g/mol. The molecule has 1 heterocycles. The molecule has 4 N–H and O–H groups in total. The van der Waals surface area contributed by atoms with E-state index in [4.69, 9.17) is 20.9 Å². The van der Waals surface area contributed by atoms with Crippen LogP contribution in [0.15, 0.2) is 48.5 Å². The lowest BCUT2D eigenvalue weighted by atomic mass is 10.0. The maximum Gasteiger partial charge on any atom is 0.328 e. The standard InChI is InChI=1S/C31H45N5O2/c1-2-3-4-5-6-7-8-9-10-11-12-13-14-15-16-29-34-30(37-27-21-17-25(32)18-22-27)36-31(35-29)38-28-23-19-26(33)20-24-28/h17-24H,2-16,32-33H2,1H3. The second-order valence-corrected chi connectivity index (χ2v) is 10.0. The van der Waals surface area contributed by atoms with Crippen LogP contribution in [-0.2, 0) is 6.42 Å². The van der Waals surface area contributed by atoms with Crippen LogP contribution in [0.3, 0.4) is 0 Å². The summed E-state index contributed by atoms with van der Waals surface area (Å²) in [5.74, 6) is 1.87. The van der Waals surface area contributed by atoms with Crippen molar-refractivity contribution in [2.45, 2.75) is 103 Å². The lowest BCUT2D eigenvalue weighted by molar-refractivity contribution is 0.391. The predicted molar refractivity (Wildman–Crippen MR) is 156 cm³/mol. The Kier molecular flexibility index (Phi) is 13.2. The number of hydrogen-bond acceptors (Lipinski definition) is 7. The number of hydrogen-bond donors (Lipinski definition) is 2. The summed E-state index contributed by atoms with van der Waals surface area (Å²) in [5.41, 5.74) is 12.9. The van der Waals surface area contributed by atoms with Gasteiger partial charge in [0.15, 0.2) is 0 Å². The Balaban J connectivity index is 1.41. The molecule has 0 radical (unpaired) electrons. The molecule has 2 aromatic carbocycles. The molecule has 0 amide bonds. The van der Waals surface area contributed by atoms with Crippen LogP contribution in [-0.4, -0.2) is 15.0 Å². The average molecular weight is 520 g/mol. The Morgan fingerprint density at radius 3 is 1.26 bits per heavy atom. The molecule has 0 aliphatic carbocycles. The molecule has 7 heteroatoms. The molecule has 0 spiro atoms. The van der Waals surface area contributed by atoms with Crippen molar-refractivity contribution < 1.29 is 9.47 Å². The zero-order valence-corrected chi connectivity index (χ0v) is 23.0. The fourth-order valence-electron chi connectivity index (χ4n) is 4.34. The Morgan fingerprint density at radius 2 is 0.868 bits per heavy atom. The number of aryl methyl sites for hydroxylation is 1. The third-order valence-corrected chi connectivity index (χ3v) is 6.57. The SMILES string of the molecule is CCCCCCCCCCCCCCCCc1nc(Oc2ccc(N)cc2)nc(Oc2ccc(N)cc2)n1. The normalized spacial score (nSPS) is 11.0. The number of ether oxygens (including phenoxy) is 2. The molecule has 0 saturated heterocycles. The number of nitrogens with zero attached hydrogens (tertiary/aromatic N) is 3. The minimum absolute atomic E-state index is 0.204. The van der Waals surface area contributed by atoms with Crippen LogP contribution < -0.4 is 20.9 Å². The Bertz CT molecular complexity index is 975. The van der Waals surface area contributed by atoms with E-state index in [-0.39, 0.29) is 12.0 Å². The predicted octanol–water partition coefficient (Wildman–Crippen LogP) is 8.64. The largest absolute Gasteiger partial charge is 0.424 e. The molecule has 0 aliphatic heterocycles. The number of benzene rings is 2. The van der Waals surface area contributed by atoms with Crippen LogP contribution in [0.5, 0.6) is 23.5 Å². The molecule has 0 bridgehead atoms. The molecular formula is C31H45N5O2. The fourth-order valence-corrected chi connectivity index (χ4v) is 4.34. The summed E-state index contributed by atoms with van der Waals surface area (Å²) in [5, 5.41) is 0. The number of unbranched alkanes of at least 4 members (excludes halogenated alkanes) is 13. The van der Waals surface area contributed by atoms with E-state index in [2.05, 4.69) is 21.9 Å². The Hall–Kier alpha value is -3.35. The lowest BCUT2D eigenvalue weighted by Gasteiger charge is -2.09. The van der Waals surface area contributed by atoms with Crippen LogP contribution in [0.2, 0.25) is 0 Å². The Labute approximate surface area is 228 Å². The highest BCUT2D eigenvalue weighted by Crippen LogP contribution is 2.24. The first-order valence-electron chi connectivity index (χ1n) is 14.4. The van der Waals surface area contributed by atoms with Crippen molar-refractivity contribution in [2.75, 3.05) is 11.5 Å². The van der Waals surface area contributed by atoms with Gasteiger partial charge >= 0.3 is 12.0 Å². The number of nitrogens with two attached hydrogens (primary N) is 2. The van der Waals surface area contributed by atoms with Crippen LogP contribution in [0.25, 0.3) is 0 Å². The summed E-state index contributed by atoms with van der Waals surface area (Å²) in [7, 11) is 0. The highest BCUT2D eigenvalue weighted by molar-refractivity contribution is 5.43. The molecule has 3 aromatic rings. The summed E-state index contributed by atoms with van der Waals surface area (Å²) in [4.78, 5) is 13.4. The van der Waals surface area contributed by atoms with Crippen molar-refractivity contribution >= 4 is 11.4 Å².